The summed E-state index contributed by atoms with van der Waals surface area (Å²) < 4.78 is 8.19. The van der Waals surface area contributed by atoms with Crippen LogP contribution in [0.2, 0.25) is 0 Å². The Morgan fingerprint density at radius 3 is 2.69 bits per heavy atom. The average molecular weight is 394 g/mol. The Labute approximate surface area is 173 Å². The molecule has 1 N–H and O–H groups in total. The zero-order chi connectivity index (χ0) is 20.9. The minimum atomic E-state index is -0.361. The van der Waals surface area contributed by atoms with E-state index >= 15 is 0 Å². The number of carbonyl (C=O) groups is 1. The Hall–Kier alpha value is -2.82. The lowest BCUT2D eigenvalue weighted by atomic mass is 9.96. The van der Waals surface area contributed by atoms with Crippen LogP contribution < -0.4 is 10.1 Å². The second kappa shape index (κ2) is 9.12. The van der Waals surface area contributed by atoms with Crippen LogP contribution in [0.1, 0.15) is 38.6 Å². The summed E-state index contributed by atoms with van der Waals surface area (Å²) in [6, 6.07) is 16.3. The van der Waals surface area contributed by atoms with Gasteiger partial charge in [-0.25, -0.2) is 4.98 Å². The third kappa shape index (κ3) is 5.59. The molecule has 29 heavy (non-hydrogen) atoms. The second-order valence-electron chi connectivity index (χ2n) is 8.44. The molecule has 0 atom stereocenters. The number of imidazole rings is 1. The summed E-state index contributed by atoms with van der Waals surface area (Å²) >= 11 is 0. The van der Waals surface area contributed by atoms with Crippen LogP contribution in [0.3, 0.4) is 0 Å². The highest BCUT2D eigenvalue weighted by Crippen LogP contribution is 2.18. The van der Waals surface area contributed by atoms with Gasteiger partial charge >= 0.3 is 0 Å². The first-order valence-electron chi connectivity index (χ1n) is 10.3. The molecule has 0 saturated carbocycles. The van der Waals surface area contributed by atoms with Crippen LogP contribution in [0, 0.1) is 12.3 Å². The van der Waals surface area contributed by atoms with Crippen molar-refractivity contribution in [3.05, 3.63) is 59.9 Å². The molecule has 1 amide bonds. The first-order valence-corrected chi connectivity index (χ1v) is 10.3. The summed E-state index contributed by atoms with van der Waals surface area (Å²) in [4.78, 5) is 16.8. The Kier molecular flexibility index (Phi) is 6.57. The number of carbonyl (C=O) groups excluding carboxylic acids is 1. The van der Waals surface area contributed by atoms with Gasteiger partial charge < -0.3 is 14.6 Å². The highest BCUT2D eigenvalue weighted by atomic mass is 16.5. The molecule has 0 aliphatic carbocycles. The first kappa shape index (κ1) is 20.9. The number of nitrogens with one attached hydrogen (secondary N) is 1. The highest BCUT2D eigenvalue weighted by molar-refractivity contribution is 5.81. The van der Waals surface area contributed by atoms with Gasteiger partial charge in [-0.1, -0.05) is 45.0 Å². The lowest BCUT2D eigenvalue weighted by molar-refractivity contribution is -0.128. The number of hydrogen-bond acceptors (Lipinski definition) is 3. The molecule has 154 valence electrons. The number of aromatic nitrogens is 2. The van der Waals surface area contributed by atoms with E-state index in [0.717, 1.165) is 42.0 Å². The van der Waals surface area contributed by atoms with Crippen molar-refractivity contribution < 1.29 is 9.53 Å². The van der Waals surface area contributed by atoms with Crippen molar-refractivity contribution in [2.75, 3.05) is 13.2 Å². The molecule has 2 aromatic carbocycles. The van der Waals surface area contributed by atoms with E-state index in [9.17, 15) is 4.79 Å². The average Bonchev–Trinajstić information content (AvgIpc) is 3.02. The van der Waals surface area contributed by atoms with Crippen molar-refractivity contribution in [2.45, 2.75) is 47.1 Å². The van der Waals surface area contributed by atoms with Crippen molar-refractivity contribution in [2.24, 2.45) is 5.41 Å². The molecule has 3 rings (SSSR count). The number of nitrogens with zero attached hydrogens (tertiary/aromatic N) is 2. The van der Waals surface area contributed by atoms with Gasteiger partial charge in [0.2, 0.25) is 5.91 Å². The molecule has 0 spiro atoms. The Morgan fingerprint density at radius 2 is 1.93 bits per heavy atom. The van der Waals surface area contributed by atoms with Gasteiger partial charge in [-0.2, -0.15) is 0 Å². The Morgan fingerprint density at radius 1 is 1.14 bits per heavy atom. The van der Waals surface area contributed by atoms with Gasteiger partial charge in [0.05, 0.1) is 17.6 Å². The van der Waals surface area contributed by atoms with E-state index in [4.69, 9.17) is 9.72 Å². The minimum absolute atomic E-state index is 0.0811. The fourth-order valence-corrected chi connectivity index (χ4v) is 3.24. The van der Waals surface area contributed by atoms with Crippen molar-refractivity contribution in [1.82, 2.24) is 14.9 Å². The van der Waals surface area contributed by atoms with E-state index in [1.807, 2.05) is 57.2 Å². The molecule has 0 fully saturated rings. The third-order valence-corrected chi connectivity index (χ3v) is 4.85. The molecule has 1 heterocycles. The van der Waals surface area contributed by atoms with E-state index in [0.29, 0.717) is 13.2 Å². The van der Waals surface area contributed by atoms with E-state index in [-0.39, 0.29) is 11.3 Å². The van der Waals surface area contributed by atoms with Crippen molar-refractivity contribution in [3.63, 3.8) is 0 Å². The van der Waals surface area contributed by atoms with Gasteiger partial charge in [0, 0.05) is 18.4 Å². The van der Waals surface area contributed by atoms with Crippen LogP contribution in [0.5, 0.6) is 5.75 Å². The maximum atomic E-state index is 12.0. The van der Waals surface area contributed by atoms with E-state index in [1.165, 1.54) is 5.56 Å². The van der Waals surface area contributed by atoms with Crippen molar-refractivity contribution in [3.8, 4) is 5.75 Å². The summed E-state index contributed by atoms with van der Waals surface area (Å²) in [5, 5.41) is 3.02. The Balaban J connectivity index is 1.63. The number of ether oxygens (including phenoxy) is 1. The van der Waals surface area contributed by atoms with Gasteiger partial charge in [-0.3, -0.25) is 4.79 Å². The normalized spacial score (nSPS) is 11.6. The molecule has 3 aromatic rings. The third-order valence-electron chi connectivity index (χ3n) is 4.85. The lowest BCUT2D eigenvalue weighted by Crippen LogP contribution is -2.35. The molecule has 0 aliphatic rings. The summed E-state index contributed by atoms with van der Waals surface area (Å²) in [5.74, 6) is 2.00. The van der Waals surface area contributed by atoms with Crippen molar-refractivity contribution >= 4 is 16.9 Å². The first-order chi connectivity index (χ1) is 13.8. The standard InChI is InChI=1S/C24H31N3O2/c1-18-9-7-10-19(17-18)29-16-15-27-21-12-6-5-11-20(21)26-22(27)13-8-14-25-23(28)24(2,3)4/h5-7,9-12,17H,8,13-16H2,1-4H3,(H,25,28). The van der Waals surface area contributed by atoms with Gasteiger partial charge in [0.1, 0.15) is 18.2 Å². The van der Waals surface area contributed by atoms with E-state index in [2.05, 4.69) is 28.9 Å². The molecule has 0 saturated heterocycles. The largest absolute Gasteiger partial charge is 0.492 e. The second-order valence-corrected chi connectivity index (χ2v) is 8.44. The number of benzene rings is 2. The van der Waals surface area contributed by atoms with Crippen LogP contribution in [-0.4, -0.2) is 28.6 Å². The zero-order valence-corrected chi connectivity index (χ0v) is 17.9. The van der Waals surface area contributed by atoms with Gasteiger partial charge in [-0.15, -0.1) is 0 Å². The van der Waals surface area contributed by atoms with E-state index in [1.54, 1.807) is 0 Å². The maximum absolute atomic E-state index is 12.0. The molecule has 0 unspecified atom stereocenters. The molecular formula is C24H31N3O2. The summed E-state index contributed by atoms with van der Waals surface area (Å²) in [7, 11) is 0. The zero-order valence-electron chi connectivity index (χ0n) is 17.9. The maximum Gasteiger partial charge on any atom is 0.225 e. The molecular weight excluding hydrogens is 362 g/mol. The fraction of sp³-hybridized carbons (Fsp3) is 0.417. The minimum Gasteiger partial charge on any atom is -0.492 e. The molecule has 1 aromatic heterocycles. The monoisotopic (exact) mass is 393 g/mol. The molecule has 0 aliphatic heterocycles. The molecule has 5 nitrogen and oxygen atoms in total. The van der Waals surface area contributed by atoms with Gasteiger partial charge in [-0.05, 0) is 43.2 Å². The quantitative estimate of drug-likeness (QED) is 0.573. The van der Waals surface area contributed by atoms with Crippen LogP contribution in [0.25, 0.3) is 11.0 Å². The number of amides is 1. The summed E-state index contributed by atoms with van der Waals surface area (Å²) in [6.45, 7) is 9.81. The highest BCUT2D eigenvalue weighted by Gasteiger charge is 2.20. The van der Waals surface area contributed by atoms with Crippen molar-refractivity contribution in [1.29, 1.82) is 0 Å². The predicted molar refractivity (Wildman–Crippen MR) is 117 cm³/mol. The summed E-state index contributed by atoms with van der Waals surface area (Å²) in [6.07, 6.45) is 1.66. The smallest absolute Gasteiger partial charge is 0.225 e. The number of rotatable bonds is 8. The number of aryl methyl sites for hydroxylation is 2. The molecule has 5 heteroatoms. The van der Waals surface area contributed by atoms with Crippen LogP contribution in [0.15, 0.2) is 48.5 Å². The topological polar surface area (TPSA) is 56.1 Å². The SMILES string of the molecule is Cc1cccc(OCCn2c(CCCNC(=O)C(C)(C)C)nc3ccccc32)c1. The van der Waals surface area contributed by atoms with Gasteiger partial charge in [0.25, 0.3) is 0 Å². The Bertz CT molecular complexity index is 970. The fourth-order valence-electron chi connectivity index (χ4n) is 3.24. The van der Waals surface area contributed by atoms with E-state index < -0.39 is 0 Å². The van der Waals surface area contributed by atoms with Gasteiger partial charge in [0.15, 0.2) is 0 Å². The number of para-hydroxylation sites is 2. The number of hydrogen-bond donors (Lipinski definition) is 1. The number of fused-ring (bicyclic) bond motifs is 1. The van der Waals surface area contributed by atoms with Crippen LogP contribution in [0.4, 0.5) is 0 Å². The lowest BCUT2D eigenvalue weighted by Gasteiger charge is -2.17. The predicted octanol–water partition coefficient (Wildman–Crippen LogP) is 4.52. The molecule has 0 bridgehead atoms. The molecule has 0 radical (unpaired) electrons. The van der Waals surface area contributed by atoms with Crippen LogP contribution >= 0.6 is 0 Å². The summed E-state index contributed by atoms with van der Waals surface area (Å²) in [5.41, 5.74) is 2.94. The van der Waals surface area contributed by atoms with Crippen LogP contribution in [-0.2, 0) is 17.8 Å².